The molecule has 1 aliphatic carbocycles. The average molecular weight is 312 g/mol. The Kier molecular flexibility index (Phi) is 3.07. The number of amides is 1. The van der Waals surface area contributed by atoms with Crippen molar-refractivity contribution in [1.82, 2.24) is 4.98 Å². The predicted molar refractivity (Wildman–Crippen MR) is 89.8 cm³/mol. The van der Waals surface area contributed by atoms with Gasteiger partial charge in [0.1, 0.15) is 5.92 Å². The highest BCUT2D eigenvalue weighted by Crippen LogP contribution is 2.33. The summed E-state index contributed by atoms with van der Waals surface area (Å²) in [5.41, 5.74) is 2.57. The van der Waals surface area contributed by atoms with E-state index in [0.717, 1.165) is 34.5 Å². The van der Waals surface area contributed by atoms with Gasteiger partial charge in [-0.3, -0.25) is 9.79 Å². The molecule has 0 spiro atoms. The summed E-state index contributed by atoms with van der Waals surface area (Å²) in [7, 11) is 0. The number of para-hydroxylation sites is 1. The van der Waals surface area contributed by atoms with Crippen LogP contribution in [-0.2, 0) is 4.79 Å². The molecule has 1 aliphatic heterocycles. The van der Waals surface area contributed by atoms with Gasteiger partial charge < -0.3 is 0 Å². The lowest BCUT2D eigenvalue weighted by Gasteiger charge is -2.11. The molecule has 1 amide bonds. The number of carbonyl (C=O) groups is 1. The number of aromatic nitrogens is 1. The van der Waals surface area contributed by atoms with E-state index in [-0.39, 0.29) is 11.8 Å². The number of hydrogen-bond donors (Lipinski definition) is 0. The largest absolute Gasteiger partial charge is 0.290 e. The van der Waals surface area contributed by atoms with Crippen molar-refractivity contribution < 1.29 is 4.79 Å². The van der Waals surface area contributed by atoms with Crippen LogP contribution >= 0.6 is 11.3 Å². The van der Waals surface area contributed by atoms with Crippen LogP contribution in [0.4, 0.5) is 5.13 Å². The molecule has 5 nitrogen and oxygen atoms in total. The van der Waals surface area contributed by atoms with Gasteiger partial charge in [-0.15, -0.1) is 0 Å². The maximum absolute atomic E-state index is 12.7. The van der Waals surface area contributed by atoms with Crippen LogP contribution in [0.25, 0.3) is 10.2 Å². The number of anilines is 1. The fourth-order valence-electron chi connectivity index (χ4n) is 2.70. The van der Waals surface area contributed by atoms with Gasteiger partial charge in [0.2, 0.25) is 5.13 Å². The molecule has 1 fully saturated rings. The van der Waals surface area contributed by atoms with Crippen molar-refractivity contribution in [3.05, 3.63) is 24.3 Å². The molecule has 6 heteroatoms. The molecule has 1 saturated carbocycles. The Morgan fingerprint density at radius 3 is 2.86 bits per heavy atom. The van der Waals surface area contributed by atoms with Crippen molar-refractivity contribution in [3.8, 4) is 0 Å². The van der Waals surface area contributed by atoms with E-state index in [4.69, 9.17) is 0 Å². The highest BCUT2D eigenvalue weighted by atomic mass is 32.1. The summed E-state index contributed by atoms with van der Waals surface area (Å²) >= 11 is 1.49. The molecule has 1 aromatic heterocycles. The Balaban J connectivity index is 1.67. The Morgan fingerprint density at radius 2 is 2.14 bits per heavy atom. The molecule has 1 atom stereocenters. The predicted octanol–water partition coefficient (Wildman–Crippen LogP) is 3.26. The SMILES string of the molecule is CC(=NC1CC1)C1C(=O)N(c2nc3ccccc3s2)N=C1C. The molecule has 1 aromatic carbocycles. The second-order valence-electron chi connectivity index (χ2n) is 5.79. The second kappa shape index (κ2) is 4.98. The molecule has 0 bridgehead atoms. The molecular formula is C16H16N4OS. The van der Waals surface area contributed by atoms with Crippen LogP contribution in [0.5, 0.6) is 0 Å². The first-order chi connectivity index (χ1) is 10.6. The van der Waals surface area contributed by atoms with Crippen LogP contribution in [-0.4, -0.2) is 28.4 Å². The molecule has 0 radical (unpaired) electrons. The number of aliphatic imine (C=N–C) groups is 1. The molecule has 1 unspecified atom stereocenters. The van der Waals surface area contributed by atoms with E-state index in [0.29, 0.717) is 11.2 Å². The number of nitrogens with zero attached hydrogens (tertiary/aromatic N) is 4. The van der Waals surface area contributed by atoms with Gasteiger partial charge in [0.25, 0.3) is 5.91 Å². The maximum atomic E-state index is 12.7. The number of carbonyl (C=O) groups excluding carboxylic acids is 1. The van der Waals surface area contributed by atoms with Crippen LogP contribution in [0.3, 0.4) is 0 Å². The van der Waals surface area contributed by atoms with Crippen LogP contribution in [0.15, 0.2) is 34.4 Å². The average Bonchev–Trinajstić information content (AvgIpc) is 3.11. The lowest BCUT2D eigenvalue weighted by atomic mass is 9.99. The maximum Gasteiger partial charge on any atom is 0.264 e. The summed E-state index contributed by atoms with van der Waals surface area (Å²) in [6, 6.07) is 8.28. The molecule has 2 heterocycles. The van der Waals surface area contributed by atoms with Crippen LogP contribution in [0.1, 0.15) is 26.7 Å². The summed E-state index contributed by atoms with van der Waals surface area (Å²) in [6.45, 7) is 3.82. The van der Waals surface area contributed by atoms with E-state index in [2.05, 4.69) is 15.1 Å². The zero-order valence-electron chi connectivity index (χ0n) is 12.5. The van der Waals surface area contributed by atoms with Crippen molar-refractivity contribution in [2.24, 2.45) is 16.0 Å². The van der Waals surface area contributed by atoms with Gasteiger partial charge in [0, 0.05) is 5.71 Å². The summed E-state index contributed by atoms with van der Waals surface area (Å²) in [5.74, 6) is -0.369. The second-order valence-corrected chi connectivity index (χ2v) is 6.80. The van der Waals surface area contributed by atoms with Crippen LogP contribution in [0.2, 0.25) is 0 Å². The lowest BCUT2D eigenvalue weighted by molar-refractivity contribution is -0.118. The van der Waals surface area contributed by atoms with E-state index in [1.165, 1.54) is 16.3 Å². The summed E-state index contributed by atoms with van der Waals surface area (Å²) in [5, 5.41) is 6.51. The molecule has 2 aliphatic rings. The van der Waals surface area contributed by atoms with Gasteiger partial charge >= 0.3 is 0 Å². The number of hydrogen-bond acceptors (Lipinski definition) is 5. The zero-order valence-corrected chi connectivity index (χ0v) is 13.3. The fourth-order valence-corrected chi connectivity index (χ4v) is 3.62. The smallest absolute Gasteiger partial charge is 0.264 e. The van der Waals surface area contributed by atoms with Gasteiger partial charge in [-0.25, -0.2) is 4.98 Å². The minimum atomic E-state index is -0.326. The van der Waals surface area contributed by atoms with Crippen molar-refractivity contribution in [2.45, 2.75) is 32.7 Å². The summed E-state index contributed by atoms with van der Waals surface area (Å²) in [6.07, 6.45) is 2.27. The van der Waals surface area contributed by atoms with Crippen molar-refractivity contribution in [3.63, 3.8) is 0 Å². The fraction of sp³-hybridized carbons (Fsp3) is 0.375. The Labute approximate surface area is 132 Å². The standard InChI is InChI=1S/C16H16N4OS/c1-9(17-11-7-8-11)14-10(2)19-20(15(14)21)16-18-12-5-3-4-6-13(12)22-16/h3-6,11,14H,7-8H2,1-2H3. The van der Waals surface area contributed by atoms with E-state index >= 15 is 0 Å². The Bertz CT molecular complexity index is 785. The number of hydrazone groups is 1. The Morgan fingerprint density at radius 1 is 1.36 bits per heavy atom. The number of fused-ring (bicyclic) bond motifs is 1. The quantitative estimate of drug-likeness (QED) is 0.817. The molecule has 22 heavy (non-hydrogen) atoms. The lowest BCUT2D eigenvalue weighted by Crippen LogP contribution is -2.31. The highest BCUT2D eigenvalue weighted by molar-refractivity contribution is 7.22. The van der Waals surface area contributed by atoms with Crippen LogP contribution < -0.4 is 5.01 Å². The van der Waals surface area contributed by atoms with Gasteiger partial charge in [0.15, 0.2) is 0 Å². The first-order valence-corrected chi connectivity index (χ1v) is 8.24. The van der Waals surface area contributed by atoms with Crippen molar-refractivity contribution in [2.75, 3.05) is 5.01 Å². The Hall–Kier alpha value is -2.08. The molecular weight excluding hydrogens is 296 g/mol. The molecule has 0 N–H and O–H groups in total. The van der Waals surface area contributed by atoms with Gasteiger partial charge in [0.05, 0.1) is 22.0 Å². The molecule has 4 rings (SSSR count). The van der Waals surface area contributed by atoms with E-state index in [1.54, 1.807) is 0 Å². The monoisotopic (exact) mass is 312 g/mol. The molecule has 0 saturated heterocycles. The minimum Gasteiger partial charge on any atom is -0.290 e. The molecule has 112 valence electrons. The minimum absolute atomic E-state index is 0.0431. The third-order valence-electron chi connectivity index (χ3n) is 3.95. The number of rotatable bonds is 3. The third kappa shape index (κ3) is 2.23. The van der Waals surface area contributed by atoms with E-state index in [9.17, 15) is 4.79 Å². The van der Waals surface area contributed by atoms with Gasteiger partial charge in [-0.1, -0.05) is 23.5 Å². The summed E-state index contributed by atoms with van der Waals surface area (Å²) in [4.78, 5) is 21.9. The first-order valence-electron chi connectivity index (χ1n) is 7.42. The zero-order chi connectivity index (χ0) is 15.3. The van der Waals surface area contributed by atoms with Gasteiger partial charge in [-0.05, 0) is 38.8 Å². The van der Waals surface area contributed by atoms with Crippen LogP contribution in [0, 0.1) is 5.92 Å². The highest BCUT2D eigenvalue weighted by Gasteiger charge is 2.38. The van der Waals surface area contributed by atoms with Gasteiger partial charge in [-0.2, -0.15) is 10.1 Å². The topological polar surface area (TPSA) is 57.9 Å². The number of benzene rings is 1. The van der Waals surface area contributed by atoms with E-state index < -0.39 is 0 Å². The summed E-state index contributed by atoms with van der Waals surface area (Å²) < 4.78 is 1.06. The first kappa shape index (κ1) is 13.6. The normalized spacial score (nSPS) is 22.5. The van der Waals surface area contributed by atoms with Crippen molar-refractivity contribution in [1.29, 1.82) is 0 Å². The van der Waals surface area contributed by atoms with E-state index in [1.807, 2.05) is 38.1 Å². The van der Waals surface area contributed by atoms with Crippen molar-refractivity contribution >= 4 is 44.0 Å². The third-order valence-corrected chi connectivity index (χ3v) is 4.96. The molecule has 2 aromatic rings. The number of thiazole rings is 1.